The number of ether oxygens (including phenoxy) is 4. The Morgan fingerprint density at radius 2 is 1.28 bits per heavy atom. The fourth-order valence-corrected chi connectivity index (χ4v) is 8.00. The molecule has 0 aromatic rings. The summed E-state index contributed by atoms with van der Waals surface area (Å²) in [6, 6.07) is -4.00. The van der Waals surface area contributed by atoms with Gasteiger partial charge in [0.1, 0.15) is 54.6 Å². The smallest absolute Gasteiger partial charge is 0.309 e. The predicted octanol–water partition coefficient (Wildman–Crippen LogP) is 6.09. The van der Waals surface area contributed by atoms with Crippen molar-refractivity contribution in [3.8, 4) is 0 Å². The molecule has 0 bridgehead atoms. The topological polar surface area (TPSA) is 259 Å². The van der Waals surface area contributed by atoms with E-state index in [9.17, 15) is 38.7 Å². The molecule has 65 heavy (non-hydrogen) atoms. The molecule has 1 heterocycles. The Balaban J connectivity index is 2.93. The van der Waals surface area contributed by atoms with Crippen molar-refractivity contribution < 1.29 is 64.1 Å². The zero-order chi connectivity index (χ0) is 49.4. The SMILES string of the molecule is [2H]N(C(=O)[C@@H](C)O[C@H]1[C@H](O)[C@@H](COC(=O)C[C@@H](CCCCCCCCCCCCC)OC(=O)CCCCCCCCCCC)O[C@@H](S)[C@@H]1NC(C)=O)[C@@H](C)C(=O)N[C@@H](CCC(=O)O)C(N)=O. The molecular formula is C47H84N4O13S. The van der Waals surface area contributed by atoms with Gasteiger partial charge in [-0.05, 0) is 39.5 Å². The highest BCUT2D eigenvalue weighted by molar-refractivity contribution is 7.80. The second-order valence-electron chi connectivity index (χ2n) is 17.5. The van der Waals surface area contributed by atoms with Gasteiger partial charge in [0.25, 0.3) is 0 Å². The quantitative estimate of drug-likeness (QED) is 0.0210. The summed E-state index contributed by atoms with van der Waals surface area (Å²) in [5.41, 5.74) is 4.17. The van der Waals surface area contributed by atoms with Crippen molar-refractivity contribution in [2.24, 2.45) is 5.73 Å². The van der Waals surface area contributed by atoms with E-state index < -0.39 is 103 Å². The Morgan fingerprint density at radius 3 is 1.78 bits per heavy atom. The fourth-order valence-electron chi connectivity index (χ4n) is 7.60. The lowest BCUT2D eigenvalue weighted by atomic mass is 9.97. The third kappa shape index (κ3) is 27.7. The maximum atomic E-state index is 13.4. The number of esters is 2. The number of carboxylic acids is 1. The molecule has 376 valence electrons. The van der Waals surface area contributed by atoms with Crippen molar-refractivity contribution in [1.29, 1.82) is 0 Å². The van der Waals surface area contributed by atoms with Crippen LogP contribution in [0.15, 0.2) is 0 Å². The van der Waals surface area contributed by atoms with Crippen molar-refractivity contribution in [2.75, 3.05) is 6.61 Å². The number of carbonyl (C=O) groups excluding carboxylic acids is 6. The maximum absolute atomic E-state index is 13.4. The van der Waals surface area contributed by atoms with Gasteiger partial charge in [0.15, 0.2) is 1.41 Å². The predicted molar refractivity (Wildman–Crippen MR) is 250 cm³/mol. The summed E-state index contributed by atoms with van der Waals surface area (Å²) in [6.07, 6.45) is 15.9. The molecule has 0 aromatic heterocycles. The third-order valence-corrected chi connectivity index (χ3v) is 11.9. The number of nitrogens with two attached hydrogens (primary N) is 1. The van der Waals surface area contributed by atoms with Crippen LogP contribution < -0.4 is 21.7 Å². The van der Waals surface area contributed by atoms with Crippen molar-refractivity contribution in [1.82, 2.24) is 15.9 Å². The van der Waals surface area contributed by atoms with E-state index in [4.69, 9.17) is 31.2 Å². The lowest BCUT2D eigenvalue weighted by Crippen LogP contribution is -2.64. The Kier molecular flexibility index (Phi) is 31.6. The van der Waals surface area contributed by atoms with Gasteiger partial charge in [-0.3, -0.25) is 33.6 Å². The van der Waals surface area contributed by atoms with Gasteiger partial charge in [-0.1, -0.05) is 129 Å². The van der Waals surface area contributed by atoms with Gasteiger partial charge in [0.2, 0.25) is 23.6 Å². The highest BCUT2D eigenvalue weighted by Gasteiger charge is 2.47. The van der Waals surface area contributed by atoms with Gasteiger partial charge in [-0.15, -0.1) is 12.6 Å². The van der Waals surface area contributed by atoms with E-state index in [2.05, 4.69) is 37.1 Å². The molecule has 1 rings (SSSR count). The number of nitrogens with one attached hydrogen (secondary N) is 3. The average Bonchev–Trinajstić information content (AvgIpc) is 3.26. The molecule has 0 aliphatic carbocycles. The summed E-state index contributed by atoms with van der Waals surface area (Å²) in [6.45, 7) is 7.60. The molecule has 1 fully saturated rings. The van der Waals surface area contributed by atoms with Gasteiger partial charge >= 0.3 is 17.9 Å². The summed E-state index contributed by atoms with van der Waals surface area (Å²) in [5, 5.41) is 25.6. The summed E-state index contributed by atoms with van der Waals surface area (Å²) in [4.78, 5) is 87.4. The number of hydrogen-bond acceptors (Lipinski definition) is 13. The minimum absolute atomic E-state index is 0.209. The van der Waals surface area contributed by atoms with Crippen molar-refractivity contribution in [3.05, 3.63) is 0 Å². The number of primary amides is 1. The molecule has 4 amide bonds. The summed E-state index contributed by atoms with van der Waals surface area (Å²) in [5.74, 6) is -5.82. The lowest BCUT2D eigenvalue weighted by molar-refractivity contribution is -0.204. The minimum Gasteiger partial charge on any atom is -0.481 e. The number of amides is 4. The molecule has 1 aliphatic rings. The van der Waals surface area contributed by atoms with E-state index in [0.29, 0.717) is 18.2 Å². The maximum Gasteiger partial charge on any atom is 0.309 e. The highest BCUT2D eigenvalue weighted by atomic mass is 32.1. The number of carbonyl (C=O) groups is 7. The molecule has 0 radical (unpaired) electrons. The summed E-state index contributed by atoms with van der Waals surface area (Å²) in [7, 11) is 0. The van der Waals surface area contributed by atoms with Crippen LogP contribution in [0.1, 0.15) is 195 Å². The van der Waals surface area contributed by atoms with Crippen LogP contribution in [0.25, 0.3) is 0 Å². The summed E-state index contributed by atoms with van der Waals surface area (Å²) >= 11 is 4.45. The van der Waals surface area contributed by atoms with Crippen molar-refractivity contribution in [3.63, 3.8) is 0 Å². The zero-order valence-electron chi connectivity index (χ0n) is 40.9. The zero-order valence-corrected chi connectivity index (χ0v) is 40.8. The molecule has 9 atom stereocenters. The Morgan fingerprint density at radius 1 is 0.754 bits per heavy atom. The normalized spacial score (nSPS) is 20.4. The number of aliphatic hydroxyl groups excluding tert-OH is 1. The number of unbranched alkanes of at least 4 members (excludes halogenated alkanes) is 18. The van der Waals surface area contributed by atoms with Crippen LogP contribution in [0, 0.1) is 0 Å². The number of thiol groups is 1. The number of aliphatic hydroxyl groups is 1. The Hall–Kier alpha value is -3.48. The van der Waals surface area contributed by atoms with E-state index in [-0.39, 0.29) is 25.2 Å². The van der Waals surface area contributed by atoms with Crippen LogP contribution in [-0.2, 0) is 52.5 Å². The van der Waals surface area contributed by atoms with Gasteiger partial charge in [0, 0.05) is 19.8 Å². The molecule has 0 aromatic carbocycles. The number of carboxylic acid groups (broad SMARTS) is 1. The second kappa shape index (κ2) is 35.7. The number of aliphatic carboxylic acids is 1. The monoisotopic (exact) mass is 946 g/mol. The molecule has 1 saturated heterocycles. The molecule has 0 saturated carbocycles. The van der Waals surface area contributed by atoms with Crippen LogP contribution in [-0.4, -0.2) is 112 Å². The van der Waals surface area contributed by atoms with Crippen LogP contribution in [0.3, 0.4) is 0 Å². The van der Waals surface area contributed by atoms with Gasteiger partial charge in [-0.2, -0.15) is 0 Å². The molecule has 17 nitrogen and oxygen atoms in total. The van der Waals surface area contributed by atoms with Crippen LogP contribution in [0.5, 0.6) is 0 Å². The van der Waals surface area contributed by atoms with Gasteiger partial charge in [0.05, 0.1) is 12.5 Å². The first-order valence-corrected chi connectivity index (χ1v) is 24.9. The highest BCUT2D eigenvalue weighted by Crippen LogP contribution is 2.28. The Bertz CT molecular complexity index is 1450. The number of rotatable bonds is 38. The molecule has 7 N–H and O–H groups in total. The fraction of sp³-hybridized carbons (Fsp3) is 0.851. The van der Waals surface area contributed by atoms with E-state index in [1.807, 2.05) is 0 Å². The second-order valence-corrected chi connectivity index (χ2v) is 18.0. The van der Waals surface area contributed by atoms with Crippen molar-refractivity contribution in [2.45, 2.75) is 249 Å². The van der Waals surface area contributed by atoms with E-state index in [0.717, 1.165) is 44.9 Å². The van der Waals surface area contributed by atoms with Crippen LogP contribution in [0.2, 0.25) is 1.41 Å². The van der Waals surface area contributed by atoms with E-state index in [1.165, 1.54) is 97.8 Å². The lowest BCUT2D eigenvalue weighted by Gasteiger charge is -2.43. The summed E-state index contributed by atoms with van der Waals surface area (Å²) < 4.78 is 31.5. The van der Waals surface area contributed by atoms with Crippen LogP contribution >= 0.6 is 12.6 Å². The average molecular weight is 946 g/mol. The molecule has 18 heteroatoms. The van der Waals surface area contributed by atoms with Gasteiger partial charge < -0.3 is 50.8 Å². The molecular weight excluding hydrogens is 861 g/mol. The number of hydrogen-bond donors (Lipinski definition) is 7. The van der Waals surface area contributed by atoms with E-state index >= 15 is 0 Å². The molecule has 0 unspecified atom stereocenters. The minimum atomic E-state index is -1.61. The van der Waals surface area contributed by atoms with Gasteiger partial charge in [-0.25, -0.2) is 0 Å². The standard InChI is InChI=1S/C47H84N4O13S/c1-6-8-10-12-14-16-17-19-20-22-24-26-35(63-39(55)27-25-23-21-18-15-13-11-9-7-2)30-40(56)61-31-37-42(57)43(41(47(65)64-37)50-34(5)52)62-33(4)46(60)49-32(3)45(59)51-36(44(48)58)28-29-38(53)54/h32-33,35-37,41-43,47,57,65H,6-31H2,1-5H3,(H2,48,58)(H,49,60)(H,50,52)(H,51,59)(H,53,54)/t32-,33+,35+,36-,37+,41+,42+,43+,47-/m0/s1/i/hD. The van der Waals surface area contributed by atoms with Crippen LogP contribution in [0.4, 0.5) is 0 Å². The first kappa shape index (κ1) is 57.6. The Labute approximate surface area is 394 Å². The third-order valence-electron chi connectivity index (χ3n) is 11.5. The first-order valence-electron chi connectivity index (χ1n) is 24.8. The molecule has 0 spiro atoms. The molecule has 1 aliphatic heterocycles. The first-order chi connectivity index (χ1) is 31.4. The van der Waals surface area contributed by atoms with Crippen molar-refractivity contribution >= 4 is 54.2 Å². The van der Waals surface area contributed by atoms with E-state index in [1.54, 1.807) is 0 Å². The largest absolute Gasteiger partial charge is 0.481 e.